The van der Waals surface area contributed by atoms with Crippen molar-refractivity contribution in [3.05, 3.63) is 83.9 Å². The molecule has 4 rings (SSSR count). The third-order valence-electron chi connectivity index (χ3n) is 5.28. The normalized spacial score (nSPS) is 14.4. The molecule has 1 heterocycles. The van der Waals surface area contributed by atoms with Gasteiger partial charge in [-0.2, -0.15) is 0 Å². The van der Waals surface area contributed by atoms with Crippen molar-refractivity contribution in [3.8, 4) is 23.0 Å². The SMILES string of the molecule is COc1ccc(OCCOc2cccc(C=C3C(=O)NC(=O)N(c4ccc(OC)cc4)C3=O)c2)cc1. The van der Waals surface area contributed by atoms with E-state index in [4.69, 9.17) is 18.9 Å². The number of nitrogens with one attached hydrogen (secondary N) is 1. The van der Waals surface area contributed by atoms with Crippen molar-refractivity contribution in [2.45, 2.75) is 0 Å². The first-order chi connectivity index (χ1) is 17.5. The molecule has 36 heavy (non-hydrogen) atoms. The molecule has 1 aliphatic rings. The number of hydrogen-bond donors (Lipinski definition) is 1. The maximum atomic E-state index is 13.1. The van der Waals surface area contributed by atoms with E-state index in [1.165, 1.54) is 13.2 Å². The summed E-state index contributed by atoms with van der Waals surface area (Å²) in [5.41, 5.74) is 0.696. The Hall–Kier alpha value is -4.79. The smallest absolute Gasteiger partial charge is 0.335 e. The van der Waals surface area contributed by atoms with E-state index in [0.29, 0.717) is 35.1 Å². The zero-order chi connectivity index (χ0) is 25.5. The topological polar surface area (TPSA) is 103 Å². The summed E-state index contributed by atoms with van der Waals surface area (Å²) in [4.78, 5) is 38.8. The highest BCUT2D eigenvalue weighted by molar-refractivity contribution is 6.39. The van der Waals surface area contributed by atoms with Crippen LogP contribution in [0, 0.1) is 0 Å². The molecule has 0 aromatic heterocycles. The summed E-state index contributed by atoms with van der Waals surface area (Å²) in [5, 5.41) is 2.21. The van der Waals surface area contributed by atoms with E-state index in [9.17, 15) is 14.4 Å². The Morgan fingerprint density at radius 1 is 0.750 bits per heavy atom. The molecule has 184 valence electrons. The molecule has 1 aliphatic heterocycles. The van der Waals surface area contributed by atoms with Crippen LogP contribution < -0.4 is 29.2 Å². The van der Waals surface area contributed by atoms with Gasteiger partial charge in [0, 0.05) is 0 Å². The molecule has 0 atom stereocenters. The van der Waals surface area contributed by atoms with Crippen molar-refractivity contribution in [3.63, 3.8) is 0 Å². The van der Waals surface area contributed by atoms with Gasteiger partial charge >= 0.3 is 6.03 Å². The number of methoxy groups -OCH3 is 2. The second-order valence-corrected chi connectivity index (χ2v) is 7.60. The Labute approximate surface area is 207 Å². The van der Waals surface area contributed by atoms with Crippen LogP contribution in [0.3, 0.4) is 0 Å². The number of benzene rings is 3. The Kier molecular flexibility index (Phi) is 7.50. The highest BCUT2D eigenvalue weighted by Gasteiger charge is 2.36. The molecule has 3 aromatic carbocycles. The van der Waals surface area contributed by atoms with Crippen molar-refractivity contribution in [2.24, 2.45) is 0 Å². The number of carbonyl (C=O) groups excluding carboxylic acids is 3. The molecule has 3 aromatic rings. The van der Waals surface area contributed by atoms with Gasteiger partial charge in [-0.3, -0.25) is 14.9 Å². The maximum absolute atomic E-state index is 13.1. The molecule has 1 N–H and O–H groups in total. The minimum Gasteiger partial charge on any atom is -0.497 e. The van der Waals surface area contributed by atoms with Gasteiger partial charge in [0.25, 0.3) is 11.8 Å². The van der Waals surface area contributed by atoms with Crippen LogP contribution >= 0.6 is 0 Å². The van der Waals surface area contributed by atoms with Gasteiger partial charge in [0.15, 0.2) is 0 Å². The predicted molar refractivity (Wildman–Crippen MR) is 132 cm³/mol. The third-order valence-corrected chi connectivity index (χ3v) is 5.28. The lowest BCUT2D eigenvalue weighted by atomic mass is 10.1. The first-order valence-electron chi connectivity index (χ1n) is 11.0. The summed E-state index contributed by atoms with van der Waals surface area (Å²) in [6, 6.07) is 19.7. The summed E-state index contributed by atoms with van der Waals surface area (Å²) in [7, 11) is 3.11. The number of rotatable bonds is 9. The van der Waals surface area contributed by atoms with E-state index >= 15 is 0 Å². The second kappa shape index (κ2) is 11.1. The Balaban J connectivity index is 1.43. The van der Waals surface area contributed by atoms with E-state index in [0.717, 1.165) is 10.6 Å². The highest BCUT2D eigenvalue weighted by Crippen LogP contribution is 2.25. The number of hydrogen-bond acceptors (Lipinski definition) is 7. The lowest BCUT2D eigenvalue weighted by Gasteiger charge is -2.26. The Bertz CT molecular complexity index is 1280. The van der Waals surface area contributed by atoms with Crippen LogP contribution in [-0.2, 0) is 9.59 Å². The lowest BCUT2D eigenvalue weighted by Crippen LogP contribution is -2.54. The average molecular weight is 488 g/mol. The third kappa shape index (κ3) is 5.64. The number of amides is 4. The molecular formula is C27H24N2O7. The molecule has 0 radical (unpaired) electrons. The van der Waals surface area contributed by atoms with Gasteiger partial charge in [-0.15, -0.1) is 0 Å². The fourth-order valence-corrected chi connectivity index (χ4v) is 3.48. The van der Waals surface area contributed by atoms with Crippen LogP contribution in [0.5, 0.6) is 23.0 Å². The van der Waals surface area contributed by atoms with Crippen molar-refractivity contribution in [1.29, 1.82) is 0 Å². The molecule has 1 saturated heterocycles. The van der Waals surface area contributed by atoms with Crippen LogP contribution in [0.25, 0.3) is 6.08 Å². The molecule has 9 heteroatoms. The summed E-state index contributed by atoms with van der Waals surface area (Å²) < 4.78 is 21.6. The van der Waals surface area contributed by atoms with Crippen molar-refractivity contribution in [2.75, 3.05) is 32.3 Å². The van der Waals surface area contributed by atoms with Crippen molar-refractivity contribution < 1.29 is 33.3 Å². The average Bonchev–Trinajstić information content (AvgIpc) is 2.90. The van der Waals surface area contributed by atoms with Gasteiger partial charge in [-0.25, -0.2) is 9.69 Å². The summed E-state index contributed by atoms with van der Waals surface area (Å²) in [5.74, 6) is 1.04. The van der Waals surface area contributed by atoms with Crippen LogP contribution in [0.4, 0.5) is 10.5 Å². The molecule has 4 amide bonds. The van der Waals surface area contributed by atoms with E-state index in [1.807, 2.05) is 0 Å². The van der Waals surface area contributed by atoms with E-state index in [1.54, 1.807) is 79.9 Å². The largest absolute Gasteiger partial charge is 0.497 e. The van der Waals surface area contributed by atoms with Gasteiger partial charge in [0.05, 0.1) is 19.9 Å². The number of nitrogens with zero attached hydrogens (tertiary/aromatic N) is 1. The lowest BCUT2D eigenvalue weighted by molar-refractivity contribution is -0.122. The molecule has 0 aliphatic carbocycles. The van der Waals surface area contributed by atoms with Crippen molar-refractivity contribution >= 4 is 29.6 Å². The number of anilines is 1. The van der Waals surface area contributed by atoms with Crippen LogP contribution in [0.1, 0.15) is 5.56 Å². The zero-order valence-corrected chi connectivity index (χ0v) is 19.7. The van der Waals surface area contributed by atoms with Gasteiger partial charge < -0.3 is 18.9 Å². The van der Waals surface area contributed by atoms with E-state index < -0.39 is 17.8 Å². The molecule has 1 fully saturated rings. The molecule has 0 unspecified atom stereocenters. The van der Waals surface area contributed by atoms with Crippen LogP contribution in [0.2, 0.25) is 0 Å². The number of imide groups is 2. The Morgan fingerprint density at radius 2 is 1.33 bits per heavy atom. The second-order valence-electron chi connectivity index (χ2n) is 7.60. The monoisotopic (exact) mass is 488 g/mol. The fraction of sp³-hybridized carbons (Fsp3) is 0.148. The Morgan fingerprint density at radius 3 is 1.97 bits per heavy atom. The van der Waals surface area contributed by atoms with E-state index in [-0.39, 0.29) is 12.2 Å². The summed E-state index contributed by atoms with van der Waals surface area (Å²) >= 11 is 0. The number of ether oxygens (including phenoxy) is 4. The molecule has 0 saturated carbocycles. The predicted octanol–water partition coefficient (Wildman–Crippen LogP) is 3.83. The van der Waals surface area contributed by atoms with Crippen molar-refractivity contribution in [1.82, 2.24) is 5.32 Å². The van der Waals surface area contributed by atoms with Gasteiger partial charge in [-0.05, 0) is 72.3 Å². The molecular weight excluding hydrogens is 464 g/mol. The number of carbonyl (C=O) groups is 3. The number of barbiturate groups is 1. The first-order valence-corrected chi connectivity index (χ1v) is 11.0. The zero-order valence-electron chi connectivity index (χ0n) is 19.7. The van der Waals surface area contributed by atoms with Gasteiger partial charge in [0.2, 0.25) is 0 Å². The molecule has 9 nitrogen and oxygen atoms in total. The number of urea groups is 1. The minimum atomic E-state index is -0.818. The maximum Gasteiger partial charge on any atom is 0.335 e. The minimum absolute atomic E-state index is 0.176. The summed E-state index contributed by atoms with van der Waals surface area (Å²) in [6.45, 7) is 0.600. The van der Waals surface area contributed by atoms with E-state index in [2.05, 4.69) is 5.32 Å². The van der Waals surface area contributed by atoms with Gasteiger partial charge in [-0.1, -0.05) is 12.1 Å². The molecule has 0 spiro atoms. The fourth-order valence-electron chi connectivity index (χ4n) is 3.48. The summed E-state index contributed by atoms with van der Waals surface area (Å²) in [6.07, 6.45) is 1.42. The molecule has 0 bridgehead atoms. The van der Waals surface area contributed by atoms with Crippen LogP contribution in [-0.4, -0.2) is 45.3 Å². The first kappa shape index (κ1) is 24.3. The quantitative estimate of drug-likeness (QED) is 0.277. The van der Waals surface area contributed by atoms with Crippen LogP contribution in [0.15, 0.2) is 78.4 Å². The standard InChI is InChI=1S/C27H24N2O7/c1-33-20-8-6-19(7-9-20)29-26(31)24(25(30)28-27(29)32)17-18-4-3-5-23(16-18)36-15-14-35-22-12-10-21(34-2)11-13-22/h3-13,16-17H,14-15H2,1-2H3,(H,28,30,32). The highest BCUT2D eigenvalue weighted by atomic mass is 16.5. The van der Waals surface area contributed by atoms with Gasteiger partial charge in [0.1, 0.15) is 41.8 Å².